The highest BCUT2D eigenvalue weighted by Crippen LogP contribution is 2.50. The summed E-state index contributed by atoms with van der Waals surface area (Å²) >= 11 is 1.52. The Balaban J connectivity index is 1.08. The number of nitrogens with zero attached hydrogens (tertiary/aromatic N) is 6. The van der Waals surface area contributed by atoms with E-state index < -0.39 is 0 Å². The molecule has 3 aromatic rings. The summed E-state index contributed by atoms with van der Waals surface area (Å²) in [6.45, 7) is 5.48. The van der Waals surface area contributed by atoms with Crippen LogP contribution in [0.2, 0.25) is 0 Å². The lowest BCUT2D eigenvalue weighted by Crippen LogP contribution is -2.45. The van der Waals surface area contributed by atoms with Crippen molar-refractivity contribution in [1.82, 2.24) is 19.9 Å². The quantitative estimate of drug-likeness (QED) is 0.491. The maximum absolute atomic E-state index is 10.2. The normalized spacial score (nSPS) is 24.8. The van der Waals surface area contributed by atoms with Gasteiger partial charge in [-0.25, -0.2) is 15.0 Å². The van der Waals surface area contributed by atoms with Gasteiger partial charge in [0.25, 0.3) is 0 Å². The Hall–Kier alpha value is -2.95. The number of hydrogen-bond acceptors (Lipinski definition) is 10. The second-order valence-electron chi connectivity index (χ2n) is 11.4. The van der Waals surface area contributed by atoms with Crippen molar-refractivity contribution in [2.75, 3.05) is 36.0 Å². The van der Waals surface area contributed by atoms with Crippen molar-refractivity contribution in [3.8, 4) is 5.75 Å². The number of aliphatic hydroxyl groups is 1. The zero-order valence-electron chi connectivity index (χ0n) is 22.3. The van der Waals surface area contributed by atoms with Crippen molar-refractivity contribution in [3.05, 3.63) is 53.7 Å². The predicted octanol–water partition coefficient (Wildman–Crippen LogP) is 3.75. The van der Waals surface area contributed by atoms with Gasteiger partial charge in [-0.15, -0.1) is 0 Å². The fourth-order valence-electron chi connectivity index (χ4n) is 6.99. The van der Waals surface area contributed by atoms with Gasteiger partial charge >= 0.3 is 0 Å². The van der Waals surface area contributed by atoms with E-state index >= 15 is 0 Å². The first-order valence-corrected chi connectivity index (χ1v) is 14.9. The summed E-state index contributed by atoms with van der Waals surface area (Å²) in [7, 11) is 0. The summed E-state index contributed by atoms with van der Waals surface area (Å²) in [4.78, 5) is 24.5. The average molecular weight is 546 g/mol. The second-order valence-corrected chi connectivity index (χ2v) is 12.4. The van der Waals surface area contributed by atoms with Gasteiger partial charge in [-0.05, 0) is 54.7 Å². The van der Waals surface area contributed by atoms with Gasteiger partial charge in [0.2, 0.25) is 0 Å². The zero-order valence-corrected chi connectivity index (χ0v) is 23.1. The molecule has 2 fully saturated rings. The first kappa shape index (κ1) is 25.0. The Morgan fingerprint density at radius 1 is 1.15 bits per heavy atom. The van der Waals surface area contributed by atoms with Crippen LogP contribution in [-0.4, -0.2) is 57.3 Å². The molecule has 3 aliphatic heterocycles. The van der Waals surface area contributed by atoms with Gasteiger partial charge in [-0.2, -0.15) is 0 Å². The Morgan fingerprint density at radius 3 is 2.82 bits per heavy atom. The summed E-state index contributed by atoms with van der Waals surface area (Å²) in [5.41, 5.74) is 9.71. The lowest BCUT2D eigenvalue weighted by atomic mass is 9.73. The lowest BCUT2D eigenvalue weighted by Gasteiger charge is -2.42. The second kappa shape index (κ2) is 9.91. The molecule has 3 atom stereocenters. The minimum atomic E-state index is -0.161. The topological polar surface area (TPSA) is 114 Å². The molecule has 7 rings (SSSR count). The van der Waals surface area contributed by atoms with Crippen molar-refractivity contribution < 1.29 is 9.84 Å². The van der Waals surface area contributed by atoms with E-state index in [1.807, 2.05) is 30.7 Å². The van der Waals surface area contributed by atoms with E-state index in [0.717, 1.165) is 78.3 Å². The standard InChI is InChI=1S/C29H35N7O2S/c1-2-18-12-19-17-38-25-23(5-9-32-28(25)36(19)15-18)39-24-14-33-27(22(16-37)34-24)35-10-6-29(7-11-35)13-21-20(26(29)30)4-3-8-31-21/h3-5,8-9,14,18-19,26,37H,2,6-7,10-13,15-17,30H2,1H3/t18-,19-,26+/m0/s1. The van der Waals surface area contributed by atoms with Crippen LogP contribution in [0.1, 0.15) is 55.6 Å². The third kappa shape index (κ3) is 4.24. The highest BCUT2D eigenvalue weighted by Gasteiger charge is 2.47. The molecule has 0 radical (unpaired) electrons. The fraction of sp³-hybridized carbons (Fsp3) is 0.517. The van der Waals surface area contributed by atoms with E-state index in [1.165, 1.54) is 23.7 Å². The van der Waals surface area contributed by atoms with Gasteiger partial charge in [0.1, 0.15) is 17.3 Å². The molecule has 0 aromatic carbocycles. The molecule has 6 heterocycles. The number of nitrogens with two attached hydrogens (primary N) is 1. The summed E-state index contributed by atoms with van der Waals surface area (Å²) < 4.78 is 6.24. The van der Waals surface area contributed by atoms with Gasteiger partial charge in [-0.1, -0.05) is 31.2 Å². The first-order chi connectivity index (χ1) is 19.1. The summed E-state index contributed by atoms with van der Waals surface area (Å²) in [5.74, 6) is 3.21. The summed E-state index contributed by atoms with van der Waals surface area (Å²) in [6, 6.07) is 6.50. The van der Waals surface area contributed by atoms with Crippen LogP contribution in [0.4, 0.5) is 11.6 Å². The Bertz CT molecular complexity index is 1380. The van der Waals surface area contributed by atoms with Crippen LogP contribution in [0.5, 0.6) is 5.75 Å². The van der Waals surface area contributed by atoms with Gasteiger partial charge in [0, 0.05) is 43.8 Å². The van der Waals surface area contributed by atoms with E-state index in [2.05, 4.69) is 32.8 Å². The van der Waals surface area contributed by atoms with Gasteiger partial charge < -0.3 is 25.4 Å². The monoisotopic (exact) mass is 545 g/mol. The molecular weight excluding hydrogens is 510 g/mol. The molecule has 4 aliphatic rings. The largest absolute Gasteiger partial charge is 0.486 e. The molecule has 3 N–H and O–H groups in total. The Morgan fingerprint density at radius 2 is 2.03 bits per heavy atom. The van der Waals surface area contributed by atoms with Crippen LogP contribution in [0.15, 0.2) is 46.7 Å². The number of aromatic nitrogens is 4. The molecule has 2 saturated heterocycles. The molecule has 0 bridgehead atoms. The van der Waals surface area contributed by atoms with E-state index in [0.29, 0.717) is 24.3 Å². The Kier molecular flexibility index (Phi) is 6.36. The number of aliphatic hydroxyl groups excluding tert-OH is 1. The van der Waals surface area contributed by atoms with Crippen LogP contribution in [-0.2, 0) is 13.0 Å². The minimum Gasteiger partial charge on any atom is -0.486 e. The van der Waals surface area contributed by atoms with E-state index in [1.54, 1.807) is 0 Å². The van der Waals surface area contributed by atoms with Crippen LogP contribution >= 0.6 is 11.8 Å². The SMILES string of the molecule is CC[C@H]1C[C@H]2COc3c(Sc4cnc(N5CCC6(CC5)Cc5ncccc5[C@H]6N)c(CO)n4)ccnc3N2C1. The summed E-state index contributed by atoms with van der Waals surface area (Å²) in [5, 5.41) is 11.0. The number of pyridine rings is 2. The number of hydrogen-bond donors (Lipinski definition) is 2. The number of ether oxygens (including phenoxy) is 1. The molecule has 0 unspecified atom stereocenters. The van der Waals surface area contributed by atoms with E-state index in [9.17, 15) is 5.11 Å². The van der Waals surface area contributed by atoms with Crippen molar-refractivity contribution in [1.29, 1.82) is 0 Å². The van der Waals surface area contributed by atoms with Crippen LogP contribution in [0, 0.1) is 11.3 Å². The highest BCUT2D eigenvalue weighted by atomic mass is 32.2. The predicted molar refractivity (Wildman–Crippen MR) is 150 cm³/mol. The molecule has 9 nitrogen and oxygen atoms in total. The molecule has 1 spiro atoms. The average Bonchev–Trinajstić information content (AvgIpc) is 3.53. The first-order valence-electron chi connectivity index (χ1n) is 14.1. The molecule has 0 amide bonds. The van der Waals surface area contributed by atoms with Crippen molar-refractivity contribution in [2.45, 2.75) is 67.6 Å². The maximum atomic E-state index is 10.2. The molecule has 204 valence electrons. The van der Waals surface area contributed by atoms with Crippen LogP contribution in [0.25, 0.3) is 0 Å². The highest BCUT2D eigenvalue weighted by molar-refractivity contribution is 7.99. The van der Waals surface area contributed by atoms with E-state index in [4.69, 9.17) is 20.4 Å². The van der Waals surface area contributed by atoms with Crippen molar-refractivity contribution in [2.24, 2.45) is 17.1 Å². The zero-order chi connectivity index (χ0) is 26.6. The minimum absolute atomic E-state index is 0.0164. The smallest absolute Gasteiger partial charge is 0.175 e. The molecule has 3 aromatic heterocycles. The van der Waals surface area contributed by atoms with Gasteiger partial charge in [0.05, 0.1) is 23.7 Å². The molecular formula is C29H35N7O2S. The number of anilines is 2. The fourth-order valence-corrected chi connectivity index (χ4v) is 7.85. The van der Waals surface area contributed by atoms with Crippen LogP contribution < -0.4 is 20.3 Å². The number of rotatable bonds is 5. The van der Waals surface area contributed by atoms with Gasteiger partial charge in [-0.3, -0.25) is 4.98 Å². The third-order valence-electron chi connectivity index (χ3n) is 9.28. The van der Waals surface area contributed by atoms with Gasteiger partial charge in [0.15, 0.2) is 17.4 Å². The lowest BCUT2D eigenvalue weighted by molar-refractivity contribution is 0.186. The molecule has 10 heteroatoms. The Labute approximate surface area is 233 Å². The van der Waals surface area contributed by atoms with Crippen molar-refractivity contribution >= 4 is 23.4 Å². The van der Waals surface area contributed by atoms with Crippen LogP contribution in [0.3, 0.4) is 0 Å². The van der Waals surface area contributed by atoms with E-state index in [-0.39, 0.29) is 18.1 Å². The molecule has 39 heavy (non-hydrogen) atoms. The third-order valence-corrected chi connectivity index (χ3v) is 10.2. The maximum Gasteiger partial charge on any atom is 0.175 e. The number of piperidine rings is 1. The number of fused-ring (bicyclic) bond motifs is 4. The van der Waals surface area contributed by atoms with Crippen molar-refractivity contribution in [3.63, 3.8) is 0 Å². The summed E-state index contributed by atoms with van der Waals surface area (Å²) in [6.07, 6.45) is 10.7. The molecule has 1 aliphatic carbocycles. The molecule has 0 saturated carbocycles.